The third-order valence-corrected chi connectivity index (χ3v) is 5.80. The Morgan fingerprint density at radius 2 is 1.84 bits per heavy atom. The summed E-state index contributed by atoms with van der Waals surface area (Å²) in [7, 11) is 0. The fourth-order valence-corrected chi connectivity index (χ4v) is 4.27. The van der Waals surface area contributed by atoms with E-state index in [1.54, 1.807) is 31.2 Å². The van der Waals surface area contributed by atoms with Crippen LogP contribution in [0.4, 0.5) is 0 Å². The van der Waals surface area contributed by atoms with E-state index in [0.717, 1.165) is 12.0 Å². The molecule has 2 aromatic rings. The molecule has 0 fully saturated rings. The number of dihydropyridines is 1. The minimum Gasteiger partial charge on any atom is -0.478 e. The van der Waals surface area contributed by atoms with Gasteiger partial charge in [-0.15, -0.1) is 0 Å². The summed E-state index contributed by atoms with van der Waals surface area (Å²) >= 11 is 6.01. The van der Waals surface area contributed by atoms with Gasteiger partial charge in [-0.1, -0.05) is 48.9 Å². The van der Waals surface area contributed by atoms with E-state index in [9.17, 15) is 19.5 Å². The quantitative estimate of drug-likeness (QED) is 0.638. The summed E-state index contributed by atoms with van der Waals surface area (Å²) in [5, 5.41) is 13.0. The predicted molar refractivity (Wildman–Crippen MR) is 123 cm³/mol. The number of carbonyl (C=O) groups excluding carboxylic acids is 2. The number of hydrogen-bond acceptors (Lipinski definition) is 4. The van der Waals surface area contributed by atoms with Gasteiger partial charge in [-0.2, -0.15) is 0 Å². The van der Waals surface area contributed by atoms with Crippen LogP contribution in [0.25, 0.3) is 0 Å². The van der Waals surface area contributed by atoms with Crippen LogP contribution in [0.15, 0.2) is 71.1 Å². The molecule has 4 N–H and O–H groups in total. The molecule has 1 aliphatic heterocycles. The van der Waals surface area contributed by atoms with Crippen LogP contribution in [0.2, 0.25) is 5.02 Å². The summed E-state index contributed by atoms with van der Waals surface area (Å²) in [6.45, 7) is 3.55. The number of carboxylic acids is 1. The van der Waals surface area contributed by atoms with Gasteiger partial charge in [-0.05, 0) is 49.1 Å². The highest BCUT2D eigenvalue weighted by Crippen LogP contribution is 2.39. The molecule has 7 heteroatoms. The van der Waals surface area contributed by atoms with Gasteiger partial charge < -0.3 is 16.2 Å². The molecule has 1 amide bonds. The molecule has 0 radical (unpaired) electrons. The molecular weight excluding hydrogens is 428 g/mol. The van der Waals surface area contributed by atoms with E-state index in [-0.39, 0.29) is 16.9 Å². The third-order valence-electron chi connectivity index (χ3n) is 5.57. The Kier molecular flexibility index (Phi) is 7.15. The Labute approximate surface area is 191 Å². The Bertz CT molecular complexity index is 1150. The summed E-state index contributed by atoms with van der Waals surface area (Å²) in [6, 6.07) is 14.7. The molecule has 0 aromatic heterocycles. The topological polar surface area (TPSA) is 109 Å². The number of ketones is 1. The molecule has 1 atom stereocenters. The van der Waals surface area contributed by atoms with Gasteiger partial charge >= 0.3 is 5.97 Å². The van der Waals surface area contributed by atoms with Gasteiger partial charge in [0.05, 0.1) is 11.5 Å². The zero-order valence-electron chi connectivity index (χ0n) is 17.9. The highest BCUT2D eigenvalue weighted by molar-refractivity contribution is 6.30. The number of carboxylic acid groups (broad SMARTS) is 1. The van der Waals surface area contributed by atoms with Gasteiger partial charge in [0, 0.05) is 34.0 Å². The van der Waals surface area contributed by atoms with Crippen molar-refractivity contribution in [3.05, 3.63) is 92.8 Å². The van der Waals surface area contributed by atoms with Gasteiger partial charge in [-0.3, -0.25) is 9.59 Å². The molecule has 32 heavy (non-hydrogen) atoms. The van der Waals surface area contributed by atoms with E-state index in [0.29, 0.717) is 34.8 Å². The van der Waals surface area contributed by atoms with E-state index >= 15 is 0 Å². The lowest BCUT2D eigenvalue weighted by Crippen LogP contribution is -2.34. The van der Waals surface area contributed by atoms with Crippen LogP contribution in [0, 0.1) is 0 Å². The summed E-state index contributed by atoms with van der Waals surface area (Å²) < 4.78 is 0. The van der Waals surface area contributed by atoms with Gasteiger partial charge in [0.2, 0.25) is 5.91 Å². The second-order valence-electron chi connectivity index (χ2n) is 7.69. The normalized spacial score (nSPS) is 17.3. The summed E-state index contributed by atoms with van der Waals surface area (Å²) in [4.78, 5) is 34.7. The summed E-state index contributed by atoms with van der Waals surface area (Å²) in [5.74, 6) is -2.18. The number of aliphatic carboxylic acids is 1. The molecule has 0 spiro atoms. The fraction of sp³-hybridized carbons (Fsp3) is 0.240. The number of Topliss-reactive ketones (excluding diaryl/α,β-unsaturated/α-hetero) is 1. The van der Waals surface area contributed by atoms with Crippen molar-refractivity contribution >= 4 is 29.3 Å². The lowest BCUT2D eigenvalue weighted by Gasteiger charge is -2.30. The first-order chi connectivity index (χ1) is 15.2. The first-order valence-electron chi connectivity index (χ1n) is 10.3. The Hall–Kier alpha value is -3.38. The molecule has 166 valence electrons. The van der Waals surface area contributed by atoms with E-state index in [1.807, 2.05) is 25.1 Å². The average Bonchev–Trinajstić information content (AvgIpc) is 2.76. The first kappa shape index (κ1) is 23.3. The lowest BCUT2D eigenvalue weighted by atomic mass is 9.79. The number of nitrogens with two attached hydrogens (primary N) is 1. The first-order valence-corrected chi connectivity index (χ1v) is 10.7. The van der Waals surface area contributed by atoms with Gasteiger partial charge in [0.1, 0.15) is 0 Å². The summed E-state index contributed by atoms with van der Waals surface area (Å²) in [5.41, 5.74) is 9.83. The number of carbonyl (C=O) groups is 3. The Balaban J connectivity index is 0.000000238. The van der Waals surface area contributed by atoms with Crippen molar-refractivity contribution in [3.63, 3.8) is 0 Å². The second kappa shape index (κ2) is 9.83. The van der Waals surface area contributed by atoms with Crippen LogP contribution >= 0.6 is 11.6 Å². The van der Waals surface area contributed by atoms with E-state index < -0.39 is 17.8 Å². The second-order valence-corrected chi connectivity index (χ2v) is 8.13. The molecular formula is C25H25ClN2O4. The standard InChI is InChI=1S/C16H17ClN2O3.C9H8O/c1-3-11-14(15(18)20)13(9-5-4-6-10(17)7-9)12(16(21)22)8(2)19-11;10-9-5-4-7-2-1-3-8(9)6-7/h4-7,13,19H,3H2,1-2H3,(H2,18,20)(H,21,22);1-3,6H,4-5H2. The molecule has 2 aromatic carbocycles. The number of aryl methyl sites for hydroxylation is 1. The van der Waals surface area contributed by atoms with Gasteiger partial charge in [0.25, 0.3) is 0 Å². The number of amides is 1. The molecule has 6 nitrogen and oxygen atoms in total. The van der Waals surface area contributed by atoms with Crippen molar-refractivity contribution in [2.45, 2.75) is 39.0 Å². The SMILES string of the molecule is CCC1=C(C(N)=O)C(c2cccc(Cl)c2)C(C(=O)O)=C(C)N1.O=C1CCc2cccc1c2. The minimum atomic E-state index is -1.09. The lowest BCUT2D eigenvalue weighted by molar-refractivity contribution is -0.133. The van der Waals surface area contributed by atoms with Crippen molar-refractivity contribution in [1.29, 1.82) is 0 Å². The van der Waals surface area contributed by atoms with E-state index in [4.69, 9.17) is 17.3 Å². The Morgan fingerprint density at radius 3 is 2.44 bits per heavy atom. The monoisotopic (exact) mass is 452 g/mol. The van der Waals surface area contributed by atoms with E-state index in [2.05, 4.69) is 11.4 Å². The maximum absolute atomic E-state index is 11.9. The molecule has 4 rings (SSSR count). The van der Waals surface area contributed by atoms with Crippen LogP contribution < -0.4 is 11.1 Å². The largest absolute Gasteiger partial charge is 0.478 e. The molecule has 1 unspecified atom stereocenters. The van der Waals surface area contributed by atoms with Crippen LogP contribution in [0.1, 0.15) is 54.1 Å². The molecule has 0 saturated heterocycles. The van der Waals surface area contributed by atoms with Crippen molar-refractivity contribution < 1.29 is 19.5 Å². The maximum atomic E-state index is 11.9. The van der Waals surface area contributed by atoms with Crippen LogP contribution in [-0.4, -0.2) is 22.8 Å². The zero-order chi connectivity index (χ0) is 23.4. The number of benzene rings is 2. The number of fused-ring (bicyclic) bond motifs is 2. The average molecular weight is 453 g/mol. The van der Waals surface area contributed by atoms with Crippen LogP contribution in [0.5, 0.6) is 0 Å². The highest BCUT2D eigenvalue weighted by Gasteiger charge is 2.36. The number of rotatable bonds is 4. The van der Waals surface area contributed by atoms with Crippen molar-refractivity contribution in [2.24, 2.45) is 5.73 Å². The third kappa shape index (κ3) is 4.92. The molecule has 0 saturated carbocycles. The van der Waals surface area contributed by atoms with E-state index in [1.165, 1.54) is 5.56 Å². The van der Waals surface area contributed by atoms with Crippen molar-refractivity contribution in [1.82, 2.24) is 5.32 Å². The summed E-state index contributed by atoms with van der Waals surface area (Å²) in [6.07, 6.45) is 2.16. The van der Waals surface area contributed by atoms with Gasteiger partial charge in [0.15, 0.2) is 5.78 Å². The predicted octanol–water partition coefficient (Wildman–Crippen LogP) is 4.35. The maximum Gasteiger partial charge on any atom is 0.334 e. The number of hydrogen-bond donors (Lipinski definition) is 3. The fourth-order valence-electron chi connectivity index (χ4n) is 4.07. The number of allylic oxidation sites excluding steroid dienone is 2. The molecule has 2 aliphatic rings. The van der Waals surface area contributed by atoms with Crippen molar-refractivity contribution in [2.75, 3.05) is 0 Å². The molecule has 2 bridgehead atoms. The molecule has 1 aliphatic carbocycles. The molecule has 1 heterocycles. The smallest absolute Gasteiger partial charge is 0.334 e. The Morgan fingerprint density at radius 1 is 1.12 bits per heavy atom. The minimum absolute atomic E-state index is 0.105. The number of primary amides is 1. The van der Waals surface area contributed by atoms with Crippen LogP contribution in [-0.2, 0) is 16.0 Å². The zero-order valence-corrected chi connectivity index (χ0v) is 18.7. The van der Waals surface area contributed by atoms with Crippen molar-refractivity contribution in [3.8, 4) is 0 Å². The number of halogens is 1. The number of nitrogens with one attached hydrogen (secondary N) is 1. The highest BCUT2D eigenvalue weighted by atomic mass is 35.5. The van der Waals surface area contributed by atoms with Crippen LogP contribution in [0.3, 0.4) is 0 Å². The van der Waals surface area contributed by atoms with Gasteiger partial charge in [-0.25, -0.2) is 4.79 Å².